The molecule has 0 amide bonds. The zero-order valence-corrected chi connectivity index (χ0v) is 22.0. The zero-order chi connectivity index (χ0) is 22.8. The Hall–Kier alpha value is -1.66. The summed E-state index contributed by atoms with van der Waals surface area (Å²) in [4.78, 5) is 5.18. The summed E-state index contributed by atoms with van der Waals surface area (Å²) in [5.41, 5.74) is 2.38. The normalized spacial score (nSPS) is 15.8. The number of hydrogen-bond acceptors (Lipinski definition) is 5. The first-order valence-electron chi connectivity index (χ1n) is 12.3. The lowest BCUT2D eigenvalue weighted by Gasteiger charge is -2.25. The van der Waals surface area contributed by atoms with Crippen molar-refractivity contribution in [3.63, 3.8) is 0 Å². The van der Waals surface area contributed by atoms with Crippen molar-refractivity contribution in [3.05, 3.63) is 53.6 Å². The smallest absolute Gasteiger partial charge is 0.157 e. The number of unbranched alkanes of at least 4 members (excludes halogenated alkanes) is 2. The molecule has 0 saturated carbocycles. The number of nitrogens with zero attached hydrogens (tertiary/aromatic N) is 2. The number of phenolic OH excluding ortho intramolecular Hbond substituents is 3. The van der Waals surface area contributed by atoms with Gasteiger partial charge in [0.1, 0.15) is 5.75 Å². The van der Waals surface area contributed by atoms with Gasteiger partial charge in [-0.1, -0.05) is 31.5 Å². The second kappa shape index (κ2) is 16.1. The van der Waals surface area contributed by atoms with Crippen LogP contribution in [-0.2, 0) is 12.8 Å². The molecule has 0 aromatic heterocycles. The van der Waals surface area contributed by atoms with Gasteiger partial charge in [-0.2, -0.15) is 0 Å². The molecule has 1 heterocycles. The molecule has 0 unspecified atom stereocenters. The van der Waals surface area contributed by atoms with Gasteiger partial charge in [0.2, 0.25) is 0 Å². The summed E-state index contributed by atoms with van der Waals surface area (Å²) in [7, 11) is 0. The number of phenols is 3. The predicted molar refractivity (Wildman–Crippen MR) is 145 cm³/mol. The van der Waals surface area contributed by atoms with Crippen molar-refractivity contribution in [1.29, 1.82) is 0 Å². The fourth-order valence-electron chi connectivity index (χ4n) is 4.82. The fourth-order valence-corrected chi connectivity index (χ4v) is 4.82. The van der Waals surface area contributed by atoms with Gasteiger partial charge < -0.3 is 25.1 Å². The lowest BCUT2D eigenvalue weighted by Crippen LogP contribution is -2.32. The van der Waals surface area contributed by atoms with Crippen molar-refractivity contribution in [2.24, 2.45) is 0 Å². The number of halogens is 2. The summed E-state index contributed by atoms with van der Waals surface area (Å²) in [6, 6.07) is 13.3. The molecule has 3 N–H and O–H groups in total. The van der Waals surface area contributed by atoms with E-state index in [1.54, 1.807) is 24.3 Å². The second-order valence-corrected chi connectivity index (χ2v) is 9.18. The SMILES string of the molecule is CCCN(CCCCCN1CCC[C@@H]1Cc1ccc(O)c(O)c1)CCc1ccc(O)cc1.Cl.Cl. The summed E-state index contributed by atoms with van der Waals surface area (Å²) >= 11 is 0. The van der Waals surface area contributed by atoms with Crippen molar-refractivity contribution < 1.29 is 15.3 Å². The van der Waals surface area contributed by atoms with E-state index in [1.807, 2.05) is 18.2 Å². The van der Waals surface area contributed by atoms with Crippen molar-refractivity contribution in [1.82, 2.24) is 9.80 Å². The molecule has 1 saturated heterocycles. The molecular formula is C27H42Cl2N2O3. The van der Waals surface area contributed by atoms with E-state index < -0.39 is 0 Å². The highest BCUT2D eigenvalue weighted by atomic mass is 35.5. The molecule has 0 bridgehead atoms. The minimum atomic E-state index is -0.0442. The van der Waals surface area contributed by atoms with Gasteiger partial charge >= 0.3 is 0 Å². The lowest BCUT2D eigenvalue weighted by molar-refractivity contribution is 0.238. The van der Waals surface area contributed by atoms with Gasteiger partial charge in [0.05, 0.1) is 0 Å². The first kappa shape index (κ1) is 30.4. The van der Waals surface area contributed by atoms with Crippen LogP contribution < -0.4 is 0 Å². The third-order valence-electron chi connectivity index (χ3n) is 6.62. The van der Waals surface area contributed by atoms with Crippen LogP contribution in [0, 0.1) is 0 Å². The minimum absolute atomic E-state index is 0. The van der Waals surface area contributed by atoms with E-state index in [0.29, 0.717) is 11.8 Å². The third kappa shape index (κ3) is 9.91. The molecule has 1 fully saturated rings. The quantitative estimate of drug-likeness (QED) is 0.234. The van der Waals surface area contributed by atoms with Crippen LogP contribution in [-0.4, -0.2) is 63.9 Å². The molecule has 1 aliphatic rings. The summed E-state index contributed by atoms with van der Waals surface area (Å²) in [5.74, 6) is 0.270. The fraction of sp³-hybridized carbons (Fsp3) is 0.556. The largest absolute Gasteiger partial charge is 0.508 e. The number of benzene rings is 2. The molecule has 5 nitrogen and oxygen atoms in total. The van der Waals surface area contributed by atoms with Crippen LogP contribution in [0.1, 0.15) is 56.6 Å². The van der Waals surface area contributed by atoms with E-state index in [1.165, 1.54) is 50.6 Å². The van der Waals surface area contributed by atoms with E-state index in [-0.39, 0.29) is 36.3 Å². The van der Waals surface area contributed by atoms with E-state index in [2.05, 4.69) is 16.7 Å². The van der Waals surface area contributed by atoms with E-state index >= 15 is 0 Å². The average Bonchev–Trinajstić information content (AvgIpc) is 3.22. The Bertz CT molecular complexity index is 820. The average molecular weight is 514 g/mol. The van der Waals surface area contributed by atoms with Crippen LogP contribution in [0.4, 0.5) is 0 Å². The van der Waals surface area contributed by atoms with Crippen LogP contribution >= 0.6 is 24.8 Å². The van der Waals surface area contributed by atoms with Gasteiger partial charge in [0.15, 0.2) is 11.5 Å². The highest BCUT2D eigenvalue weighted by Gasteiger charge is 2.24. The zero-order valence-electron chi connectivity index (χ0n) is 20.4. The Morgan fingerprint density at radius 2 is 1.59 bits per heavy atom. The number of rotatable bonds is 13. The van der Waals surface area contributed by atoms with Crippen molar-refractivity contribution in [3.8, 4) is 17.2 Å². The van der Waals surface area contributed by atoms with Crippen molar-refractivity contribution in [2.75, 3.05) is 32.7 Å². The molecule has 2 aromatic carbocycles. The van der Waals surface area contributed by atoms with Crippen LogP contribution in [0.3, 0.4) is 0 Å². The van der Waals surface area contributed by atoms with Gasteiger partial charge in [-0.05, 0) is 107 Å². The molecule has 3 rings (SSSR count). The first-order valence-corrected chi connectivity index (χ1v) is 12.3. The molecule has 192 valence electrons. The van der Waals surface area contributed by atoms with Gasteiger partial charge in [-0.3, -0.25) is 0 Å². The van der Waals surface area contributed by atoms with Crippen LogP contribution in [0.25, 0.3) is 0 Å². The molecule has 0 radical (unpaired) electrons. The second-order valence-electron chi connectivity index (χ2n) is 9.18. The monoisotopic (exact) mass is 512 g/mol. The standard InChI is InChI=1S/C27H40N2O3.2ClH/c1-2-15-28(19-14-22-8-11-25(30)12-9-22)16-4-3-5-17-29-18-6-7-24(29)20-23-10-13-26(31)27(32)21-23;;/h8-13,21,24,30-32H,2-7,14-20H2,1H3;2*1H/t24-;;/m1../s1. The Labute approximate surface area is 217 Å². The van der Waals surface area contributed by atoms with Crippen LogP contribution in [0.15, 0.2) is 42.5 Å². The molecule has 1 aliphatic heterocycles. The number of hydrogen-bond donors (Lipinski definition) is 3. The predicted octanol–water partition coefficient (Wildman–Crippen LogP) is 5.78. The van der Waals surface area contributed by atoms with Crippen LogP contribution in [0.2, 0.25) is 0 Å². The molecule has 1 atom stereocenters. The summed E-state index contributed by atoms with van der Waals surface area (Å²) < 4.78 is 0. The number of aromatic hydroxyl groups is 3. The Kier molecular flexibility index (Phi) is 14.4. The Morgan fingerprint density at radius 3 is 2.29 bits per heavy atom. The molecule has 7 heteroatoms. The van der Waals surface area contributed by atoms with E-state index in [0.717, 1.165) is 44.6 Å². The van der Waals surface area contributed by atoms with Gasteiger partial charge in [0.25, 0.3) is 0 Å². The maximum Gasteiger partial charge on any atom is 0.157 e. The van der Waals surface area contributed by atoms with Crippen LogP contribution in [0.5, 0.6) is 17.2 Å². The molecular weight excluding hydrogens is 471 g/mol. The molecule has 0 aliphatic carbocycles. The molecule has 0 spiro atoms. The first-order chi connectivity index (χ1) is 15.5. The summed E-state index contributed by atoms with van der Waals surface area (Å²) in [6.07, 6.45) is 9.33. The molecule has 2 aromatic rings. The molecule has 34 heavy (non-hydrogen) atoms. The third-order valence-corrected chi connectivity index (χ3v) is 6.62. The minimum Gasteiger partial charge on any atom is -0.508 e. The van der Waals surface area contributed by atoms with E-state index in [4.69, 9.17) is 0 Å². The topological polar surface area (TPSA) is 67.2 Å². The summed E-state index contributed by atoms with van der Waals surface area (Å²) in [6.45, 7) is 7.94. The summed E-state index contributed by atoms with van der Waals surface area (Å²) in [5, 5.41) is 28.7. The van der Waals surface area contributed by atoms with Gasteiger partial charge in [0, 0.05) is 12.6 Å². The highest BCUT2D eigenvalue weighted by molar-refractivity contribution is 5.85. The Morgan fingerprint density at radius 1 is 0.853 bits per heavy atom. The lowest BCUT2D eigenvalue weighted by atomic mass is 10.0. The maximum atomic E-state index is 9.76. The van der Waals surface area contributed by atoms with Crippen molar-refractivity contribution in [2.45, 2.75) is 64.3 Å². The Balaban J connectivity index is 0.00000289. The van der Waals surface area contributed by atoms with Gasteiger partial charge in [-0.15, -0.1) is 24.8 Å². The van der Waals surface area contributed by atoms with Gasteiger partial charge in [-0.25, -0.2) is 0 Å². The highest BCUT2D eigenvalue weighted by Crippen LogP contribution is 2.28. The van der Waals surface area contributed by atoms with E-state index in [9.17, 15) is 15.3 Å². The maximum absolute atomic E-state index is 9.76. The number of likely N-dealkylation sites (tertiary alicyclic amines) is 1. The van der Waals surface area contributed by atoms with Crippen molar-refractivity contribution >= 4 is 24.8 Å².